The highest BCUT2D eigenvalue weighted by Crippen LogP contribution is 2.58. The fourth-order valence-corrected chi connectivity index (χ4v) is 4.02. The molecule has 0 heteroatoms. The Bertz CT molecular complexity index is 134. The molecule has 2 bridgehead atoms. The van der Waals surface area contributed by atoms with E-state index in [1.54, 1.807) is 38.5 Å². The van der Waals surface area contributed by atoms with E-state index in [1.165, 1.54) is 23.7 Å². The van der Waals surface area contributed by atoms with Gasteiger partial charge in [-0.3, -0.25) is 0 Å². The fraction of sp³-hybridized carbons (Fsp3) is 1.00. The normalized spacial score (nSPS) is 57.6. The monoisotopic (exact) mass is 136 g/mol. The first-order chi connectivity index (χ1) is 4.95. The van der Waals surface area contributed by atoms with Crippen molar-refractivity contribution in [3.8, 4) is 0 Å². The van der Waals surface area contributed by atoms with E-state index in [-0.39, 0.29) is 0 Å². The minimum atomic E-state index is 1.19. The van der Waals surface area contributed by atoms with Crippen LogP contribution in [0.5, 0.6) is 0 Å². The lowest BCUT2D eigenvalue weighted by Gasteiger charge is -2.23. The van der Waals surface area contributed by atoms with Gasteiger partial charge < -0.3 is 0 Å². The van der Waals surface area contributed by atoms with Gasteiger partial charge in [0.05, 0.1) is 0 Å². The number of hydrogen-bond donors (Lipinski definition) is 0. The molecule has 10 heavy (non-hydrogen) atoms. The summed E-state index contributed by atoms with van der Waals surface area (Å²) in [4.78, 5) is 0. The van der Waals surface area contributed by atoms with Crippen molar-refractivity contribution < 1.29 is 0 Å². The van der Waals surface area contributed by atoms with Crippen LogP contribution in [0.4, 0.5) is 0 Å². The molecule has 0 saturated heterocycles. The molecule has 0 radical (unpaired) electrons. The van der Waals surface area contributed by atoms with Gasteiger partial charge in [0.1, 0.15) is 0 Å². The van der Waals surface area contributed by atoms with Crippen molar-refractivity contribution in [1.82, 2.24) is 0 Å². The van der Waals surface area contributed by atoms with Crippen molar-refractivity contribution in [1.29, 1.82) is 0 Å². The maximum absolute atomic E-state index is 1.62. The lowest BCUT2D eigenvalue weighted by molar-refractivity contribution is 0.259. The van der Waals surface area contributed by atoms with E-state index in [0.29, 0.717) is 0 Å². The average Bonchev–Trinajstić information content (AvgIpc) is 2.60. The minimum absolute atomic E-state index is 1.19. The molecule has 4 atom stereocenters. The molecule has 0 spiro atoms. The van der Waals surface area contributed by atoms with E-state index >= 15 is 0 Å². The van der Waals surface area contributed by atoms with Crippen LogP contribution in [0, 0.1) is 23.7 Å². The molecule has 0 N–H and O–H groups in total. The highest BCUT2D eigenvalue weighted by molar-refractivity contribution is 4.98. The van der Waals surface area contributed by atoms with Crippen LogP contribution >= 0.6 is 0 Å². The van der Waals surface area contributed by atoms with Gasteiger partial charge in [0.15, 0.2) is 0 Å². The van der Waals surface area contributed by atoms with Gasteiger partial charge in [-0.1, -0.05) is 6.42 Å². The summed E-state index contributed by atoms with van der Waals surface area (Å²) in [5.41, 5.74) is 0. The molecule has 0 aromatic rings. The lowest BCUT2D eigenvalue weighted by Crippen LogP contribution is -2.15. The van der Waals surface area contributed by atoms with Gasteiger partial charge in [0.2, 0.25) is 0 Å². The number of fused-ring (bicyclic) bond motifs is 5. The molecule has 0 amide bonds. The predicted octanol–water partition coefficient (Wildman–Crippen LogP) is 2.83. The van der Waals surface area contributed by atoms with Gasteiger partial charge in [0.25, 0.3) is 0 Å². The zero-order valence-corrected chi connectivity index (χ0v) is 6.55. The molecule has 0 heterocycles. The molecule has 3 saturated carbocycles. The summed E-state index contributed by atoms with van der Waals surface area (Å²) in [6.45, 7) is 0. The van der Waals surface area contributed by atoms with Gasteiger partial charge in [-0.05, 0) is 55.8 Å². The molecule has 56 valence electrons. The van der Waals surface area contributed by atoms with Gasteiger partial charge in [-0.2, -0.15) is 0 Å². The molecule has 3 fully saturated rings. The highest BCUT2D eigenvalue weighted by atomic mass is 14.5. The number of rotatable bonds is 0. The zero-order chi connectivity index (χ0) is 6.55. The Labute approximate surface area is 63.0 Å². The quantitative estimate of drug-likeness (QED) is 0.480. The maximum atomic E-state index is 1.62. The van der Waals surface area contributed by atoms with Crippen LogP contribution in [-0.2, 0) is 0 Å². The second kappa shape index (κ2) is 1.78. The van der Waals surface area contributed by atoms with Crippen molar-refractivity contribution in [2.45, 2.75) is 38.5 Å². The summed E-state index contributed by atoms with van der Waals surface area (Å²) in [5.74, 6) is 4.80. The summed E-state index contributed by atoms with van der Waals surface area (Å²) in [5, 5.41) is 0. The molecular weight excluding hydrogens is 120 g/mol. The van der Waals surface area contributed by atoms with E-state index in [0.717, 1.165) is 0 Å². The van der Waals surface area contributed by atoms with E-state index < -0.39 is 0 Å². The molecular formula is C10H16. The second-order valence-electron chi connectivity index (χ2n) is 4.59. The predicted molar refractivity (Wildman–Crippen MR) is 41.7 cm³/mol. The van der Waals surface area contributed by atoms with E-state index in [9.17, 15) is 0 Å². The molecule has 0 aromatic heterocycles. The van der Waals surface area contributed by atoms with Crippen molar-refractivity contribution >= 4 is 0 Å². The Hall–Kier alpha value is 0. The standard InChI is InChI=1S/C10H16/c1-2-9-7-4-5-8(6-7)10(9)3-1/h7-10H,1-6H2/t7-,8?,9?,10?/m0/s1. The Kier molecular flexibility index (Phi) is 1.00. The third-order valence-corrected chi connectivity index (χ3v) is 4.35. The summed E-state index contributed by atoms with van der Waals surface area (Å²) >= 11 is 0. The van der Waals surface area contributed by atoms with Crippen LogP contribution in [0.25, 0.3) is 0 Å². The number of hydrogen-bond acceptors (Lipinski definition) is 0. The SMILES string of the molecule is C1CC2C3CC[C@@H](C3)C2C1. The van der Waals surface area contributed by atoms with E-state index in [1.807, 2.05) is 0 Å². The first-order valence-electron chi connectivity index (χ1n) is 4.95. The second-order valence-corrected chi connectivity index (χ2v) is 4.59. The summed E-state index contributed by atoms with van der Waals surface area (Å²) in [7, 11) is 0. The average molecular weight is 136 g/mol. The van der Waals surface area contributed by atoms with Crippen LogP contribution in [0.15, 0.2) is 0 Å². The van der Waals surface area contributed by atoms with Crippen LogP contribution in [-0.4, -0.2) is 0 Å². The van der Waals surface area contributed by atoms with Crippen molar-refractivity contribution in [2.75, 3.05) is 0 Å². The Morgan fingerprint density at radius 3 is 1.90 bits per heavy atom. The first-order valence-corrected chi connectivity index (χ1v) is 4.95. The van der Waals surface area contributed by atoms with Crippen molar-refractivity contribution in [3.05, 3.63) is 0 Å². The Balaban J connectivity index is 1.92. The van der Waals surface area contributed by atoms with Crippen molar-refractivity contribution in [2.24, 2.45) is 23.7 Å². The van der Waals surface area contributed by atoms with Crippen LogP contribution in [0.1, 0.15) is 38.5 Å². The summed E-state index contributed by atoms with van der Waals surface area (Å²) < 4.78 is 0. The van der Waals surface area contributed by atoms with Crippen molar-refractivity contribution in [3.63, 3.8) is 0 Å². The minimum Gasteiger partial charge on any atom is -0.0527 e. The Morgan fingerprint density at radius 1 is 0.700 bits per heavy atom. The molecule has 0 aromatic carbocycles. The lowest BCUT2D eigenvalue weighted by atomic mass is 9.82. The molecule has 0 nitrogen and oxygen atoms in total. The van der Waals surface area contributed by atoms with E-state index in [2.05, 4.69) is 0 Å². The van der Waals surface area contributed by atoms with Crippen LogP contribution in [0.2, 0.25) is 0 Å². The van der Waals surface area contributed by atoms with Crippen LogP contribution in [0.3, 0.4) is 0 Å². The smallest absolute Gasteiger partial charge is 0.0355 e. The molecule has 0 aliphatic heterocycles. The molecule has 3 aliphatic carbocycles. The maximum Gasteiger partial charge on any atom is -0.0355 e. The fourth-order valence-electron chi connectivity index (χ4n) is 4.02. The van der Waals surface area contributed by atoms with Gasteiger partial charge in [0, 0.05) is 0 Å². The van der Waals surface area contributed by atoms with Gasteiger partial charge in [-0.15, -0.1) is 0 Å². The highest BCUT2D eigenvalue weighted by Gasteiger charge is 2.48. The van der Waals surface area contributed by atoms with Crippen LogP contribution < -0.4 is 0 Å². The van der Waals surface area contributed by atoms with Gasteiger partial charge >= 0.3 is 0 Å². The third kappa shape index (κ3) is 0.538. The molecule has 3 rings (SSSR count). The topological polar surface area (TPSA) is 0 Å². The molecule has 3 unspecified atom stereocenters. The largest absolute Gasteiger partial charge is 0.0527 e. The third-order valence-electron chi connectivity index (χ3n) is 4.35. The van der Waals surface area contributed by atoms with E-state index in [4.69, 9.17) is 0 Å². The molecule has 3 aliphatic rings. The summed E-state index contributed by atoms with van der Waals surface area (Å²) in [6, 6.07) is 0. The first kappa shape index (κ1) is 5.62. The summed E-state index contributed by atoms with van der Waals surface area (Å²) in [6.07, 6.45) is 9.53. The zero-order valence-electron chi connectivity index (χ0n) is 6.55. The van der Waals surface area contributed by atoms with Gasteiger partial charge in [-0.25, -0.2) is 0 Å². The Morgan fingerprint density at radius 2 is 1.30 bits per heavy atom.